The number of rotatable bonds is 13. The highest BCUT2D eigenvalue weighted by atomic mass is 16.4. The molecule has 19 heteroatoms. The Morgan fingerprint density at radius 1 is 0.906 bits per heavy atom. The summed E-state index contributed by atoms with van der Waals surface area (Å²) in [5.74, 6) is -4.72. The minimum Gasteiger partial charge on any atom is -0.481 e. The van der Waals surface area contributed by atoms with Crippen molar-refractivity contribution in [3.05, 3.63) is 36.3 Å². The van der Waals surface area contributed by atoms with Gasteiger partial charge in [-0.1, -0.05) is 12.8 Å². The average Bonchev–Trinajstić information content (AvgIpc) is 3.75. The van der Waals surface area contributed by atoms with Gasteiger partial charge in [0.05, 0.1) is 31.1 Å². The molecule has 0 radical (unpaired) electrons. The molecule has 0 aromatic carbocycles. The van der Waals surface area contributed by atoms with Gasteiger partial charge in [-0.3, -0.25) is 24.0 Å². The molecule has 3 aromatic rings. The third-order valence-corrected chi connectivity index (χ3v) is 8.30. The Labute approximate surface area is 304 Å². The third kappa shape index (κ3) is 12.5. The lowest BCUT2D eigenvalue weighted by molar-refractivity contribution is -0.167. The molecule has 7 N–H and O–H groups in total. The number of nitrogens with zero attached hydrogens (tertiary/aromatic N) is 6. The summed E-state index contributed by atoms with van der Waals surface area (Å²) in [7, 11) is 3.57. The highest BCUT2D eigenvalue weighted by molar-refractivity contribution is 5.98. The summed E-state index contributed by atoms with van der Waals surface area (Å²) < 4.78 is 2.12. The highest BCUT2D eigenvalue weighted by Crippen LogP contribution is 2.35. The van der Waals surface area contributed by atoms with Crippen LogP contribution in [-0.4, -0.2) is 131 Å². The van der Waals surface area contributed by atoms with Crippen LogP contribution in [0.1, 0.15) is 74.8 Å². The number of amides is 1. The summed E-state index contributed by atoms with van der Waals surface area (Å²) >= 11 is 0. The summed E-state index contributed by atoms with van der Waals surface area (Å²) in [6.45, 7) is 5.04. The smallest absolute Gasteiger partial charge is 0.336 e. The number of carbonyl (C=O) groups excluding carboxylic acids is 2. The second kappa shape index (κ2) is 19.2. The normalized spacial score (nSPS) is 15.2. The summed E-state index contributed by atoms with van der Waals surface area (Å²) in [5.41, 5.74) is 0.117. The quantitative estimate of drug-likeness (QED) is 0.132. The van der Waals surface area contributed by atoms with E-state index in [9.17, 15) is 33.9 Å². The Hall–Kier alpha value is -5.69. The Bertz CT molecular complexity index is 1740. The maximum Gasteiger partial charge on any atom is 0.336 e. The van der Waals surface area contributed by atoms with E-state index in [1.165, 1.54) is 12.8 Å². The number of hydrogen-bond donors (Lipinski definition) is 7. The van der Waals surface area contributed by atoms with Crippen LogP contribution in [0.25, 0.3) is 11.0 Å². The zero-order valence-corrected chi connectivity index (χ0v) is 29.8. The molecule has 1 saturated heterocycles. The first-order chi connectivity index (χ1) is 25.0. The Morgan fingerprint density at radius 3 is 2.02 bits per heavy atom. The number of carbonyl (C=O) groups is 6. The average molecular weight is 743 g/mol. The fraction of sp³-hybridized carbons (Fsp3) is 0.500. The lowest BCUT2D eigenvalue weighted by Crippen LogP contribution is -2.43. The number of ketones is 1. The second-order valence-corrected chi connectivity index (χ2v) is 12.8. The van der Waals surface area contributed by atoms with E-state index in [-0.39, 0.29) is 18.7 Å². The number of hydrogen-bond acceptors (Lipinski definition) is 13. The summed E-state index contributed by atoms with van der Waals surface area (Å²) in [6, 6.07) is 6.25. The van der Waals surface area contributed by atoms with Crippen LogP contribution in [0.2, 0.25) is 0 Å². The van der Waals surface area contributed by atoms with Gasteiger partial charge >= 0.3 is 23.9 Å². The molecule has 288 valence electrons. The van der Waals surface area contributed by atoms with Gasteiger partial charge in [-0.25, -0.2) is 14.8 Å². The molecule has 3 aromatic heterocycles. The number of carboxylic acids is 4. The molecule has 0 bridgehead atoms. The van der Waals surface area contributed by atoms with Gasteiger partial charge in [0.25, 0.3) is 5.91 Å². The fourth-order valence-corrected chi connectivity index (χ4v) is 5.77. The predicted molar refractivity (Wildman–Crippen MR) is 190 cm³/mol. The van der Waals surface area contributed by atoms with Crippen molar-refractivity contribution in [2.45, 2.75) is 69.9 Å². The van der Waals surface area contributed by atoms with E-state index >= 15 is 0 Å². The molecule has 2 aliphatic rings. The molecule has 1 unspecified atom stereocenters. The molecular formula is C34H46N8O11. The number of pyridine rings is 1. The Morgan fingerprint density at radius 2 is 1.53 bits per heavy atom. The van der Waals surface area contributed by atoms with Crippen molar-refractivity contribution in [3.8, 4) is 0 Å². The minimum atomic E-state index is -2.49. The molecule has 1 aliphatic carbocycles. The number of aromatic nitrogens is 4. The number of anilines is 3. The summed E-state index contributed by atoms with van der Waals surface area (Å²) in [5, 5.41) is 49.2. The van der Waals surface area contributed by atoms with Crippen LogP contribution in [0.5, 0.6) is 0 Å². The van der Waals surface area contributed by atoms with Crippen molar-refractivity contribution in [1.29, 1.82) is 0 Å². The number of nitrogens with one attached hydrogen (secondary N) is 2. The minimum absolute atomic E-state index is 0.00502. The van der Waals surface area contributed by atoms with Gasteiger partial charge in [0.15, 0.2) is 5.60 Å². The van der Waals surface area contributed by atoms with E-state index < -0.39 is 48.1 Å². The number of Topliss-reactive ketones (excluding diaryl/α,β-unsaturated/α-hetero) is 1. The number of aliphatic hydroxyl groups is 1. The van der Waals surface area contributed by atoms with Gasteiger partial charge in [0, 0.05) is 64.3 Å². The van der Waals surface area contributed by atoms with E-state index in [4.69, 9.17) is 25.4 Å². The van der Waals surface area contributed by atoms with Crippen LogP contribution in [0, 0.1) is 0 Å². The first kappa shape index (κ1) is 41.7. The monoisotopic (exact) mass is 742 g/mol. The van der Waals surface area contributed by atoms with Crippen LogP contribution < -0.4 is 15.5 Å². The van der Waals surface area contributed by atoms with Gasteiger partial charge in [-0.15, -0.1) is 0 Å². The molecule has 0 spiro atoms. The SMILES string of the molecule is CC(=O)CC(O)(CC(=O)O)C(=O)O.CN(C)C(=O)c1cc2cnc(Nc3ccc(N4CCNCC4)cn3)nc2n1C1CCCC1.O=C(O)CCC(=O)O. The molecule has 53 heavy (non-hydrogen) atoms. The Balaban J connectivity index is 0.000000298. The lowest BCUT2D eigenvalue weighted by Gasteiger charge is -2.29. The molecule has 4 heterocycles. The first-order valence-corrected chi connectivity index (χ1v) is 16.9. The number of piperazine rings is 1. The van der Waals surface area contributed by atoms with E-state index in [2.05, 4.69) is 36.1 Å². The van der Waals surface area contributed by atoms with Crippen molar-refractivity contribution in [2.75, 3.05) is 50.5 Å². The molecule has 5 rings (SSSR count). The number of fused-ring (bicyclic) bond motifs is 1. The van der Waals surface area contributed by atoms with Gasteiger partial charge in [0.2, 0.25) is 5.95 Å². The van der Waals surface area contributed by atoms with Crippen molar-refractivity contribution >= 4 is 64.1 Å². The van der Waals surface area contributed by atoms with E-state index in [1.807, 2.05) is 18.3 Å². The maximum atomic E-state index is 12.9. The van der Waals surface area contributed by atoms with Gasteiger partial charge in [-0.2, -0.15) is 4.98 Å². The number of carboxylic acid groups (broad SMARTS) is 4. The van der Waals surface area contributed by atoms with Crippen molar-refractivity contribution in [1.82, 2.24) is 29.7 Å². The molecule has 1 atom stereocenters. The van der Waals surface area contributed by atoms with Gasteiger partial charge in [-0.05, 0) is 38.0 Å². The fourth-order valence-electron chi connectivity index (χ4n) is 5.77. The number of aliphatic carboxylic acids is 4. The maximum absolute atomic E-state index is 12.9. The highest BCUT2D eigenvalue weighted by Gasteiger charge is 2.39. The van der Waals surface area contributed by atoms with Crippen molar-refractivity contribution in [2.24, 2.45) is 0 Å². The lowest BCUT2D eigenvalue weighted by atomic mass is 9.94. The predicted octanol–water partition coefficient (Wildman–Crippen LogP) is 1.99. The molecule has 1 saturated carbocycles. The topological polar surface area (TPSA) is 278 Å². The van der Waals surface area contributed by atoms with E-state index in [1.54, 1.807) is 25.2 Å². The first-order valence-electron chi connectivity index (χ1n) is 16.9. The summed E-state index contributed by atoms with van der Waals surface area (Å²) in [6.07, 6.45) is 5.90. The molecule has 1 amide bonds. The zero-order valence-electron chi connectivity index (χ0n) is 29.8. The van der Waals surface area contributed by atoms with Crippen LogP contribution in [0.4, 0.5) is 17.5 Å². The second-order valence-electron chi connectivity index (χ2n) is 12.8. The van der Waals surface area contributed by atoms with Crippen molar-refractivity contribution in [3.63, 3.8) is 0 Å². The third-order valence-electron chi connectivity index (χ3n) is 8.30. The molecule has 2 fully saturated rings. The molecular weight excluding hydrogens is 696 g/mol. The zero-order chi connectivity index (χ0) is 39.3. The van der Waals surface area contributed by atoms with Crippen LogP contribution >= 0.6 is 0 Å². The van der Waals surface area contributed by atoms with Crippen LogP contribution in [-0.2, 0) is 24.0 Å². The van der Waals surface area contributed by atoms with E-state index in [0.29, 0.717) is 23.5 Å². The summed E-state index contributed by atoms with van der Waals surface area (Å²) in [4.78, 5) is 81.1. The molecule has 1 aliphatic heterocycles. The van der Waals surface area contributed by atoms with Crippen LogP contribution in [0.3, 0.4) is 0 Å². The van der Waals surface area contributed by atoms with Gasteiger partial charge in [0.1, 0.15) is 22.9 Å². The van der Waals surface area contributed by atoms with E-state index in [0.717, 1.165) is 62.7 Å². The van der Waals surface area contributed by atoms with Crippen LogP contribution in [0.15, 0.2) is 30.6 Å². The van der Waals surface area contributed by atoms with Crippen molar-refractivity contribution < 1.29 is 54.3 Å². The standard InChI is InChI=1S/C23H30N8O.C7H10O6.C4H6O4/c1-29(2)22(32)19-13-16-14-26-23(28-21(16)31(19)17-5-3-4-6-17)27-20-8-7-18(15-25-20)30-11-9-24-10-12-30;1-4(8)2-7(13,6(11)12)3-5(9)10;5-3(6)1-2-4(7)8/h7-8,13-15,17,24H,3-6,9-12H2,1-2H3,(H,25,26,27,28);13H,2-3H2,1H3,(H,9,10)(H,11,12);1-2H2,(H,5,6)(H,7,8). The largest absolute Gasteiger partial charge is 0.481 e. The molecule has 19 nitrogen and oxygen atoms in total. The van der Waals surface area contributed by atoms with Gasteiger partial charge < -0.3 is 50.5 Å². The Kier molecular flexibility index (Phi) is 15.1.